The largest absolute Gasteiger partial charge is 0.494 e. The Hall–Kier alpha value is -3.03. The van der Waals surface area contributed by atoms with E-state index in [0.717, 1.165) is 23.4 Å². The molecule has 2 aromatic carbocycles. The first-order chi connectivity index (χ1) is 15.3. The highest BCUT2D eigenvalue weighted by atomic mass is 19.4. The molecule has 32 heavy (non-hydrogen) atoms. The van der Waals surface area contributed by atoms with Crippen molar-refractivity contribution in [2.45, 2.75) is 44.8 Å². The summed E-state index contributed by atoms with van der Waals surface area (Å²) in [6, 6.07) is 11.6. The maximum atomic E-state index is 13.2. The van der Waals surface area contributed by atoms with E-state index < -0.39 is 17.8 Å². The van der Waals surface area contributed by atoms with Crippen LogP contribution in [0.4, 0.5) is 13.2 Å². The Balaban J connectivity index is 1.69. The van der Waals surface area contributed by atoms with E-state index in [1.54, 1.807) is 11.0 Å². The second kappa shape index (κ2) is 10.5. The summed E-state index contributed by atoms with van der Waals surface area (Å²) < 4.78 is 45.0. The average molecular weight is 448 g/mol. The molecule has 172 valence electrons. The summed E-state index contributed by atoms with van der Waals surface area (Å²) >= 11 is 0. The van der Waals surface area contributed by atoms with Gasteiger partial charge in [0, 0.05) is 25.9 Å². The first-order valence-electron chi connectivity index (χ1n) is 10.7. The van der Waals surface area contributed by atoms with Crippen LogP contribution in [0.25, 0.3) is 0 Å². The minimum Gasteiger partial charge on any atom is -0.494 e. The quantitative estimate of drug-likeness (QED) is 0.614. The van der Waals surface area contributed by atoms with Gasteiger partial charge in [0.15, 0.2) is 0 Å². The molecule has 1 heterocycles. The molecule has 2 aromatic rings. The molecule has 1 aliphatic rings. The van der Waals surface area contributed by atoms with E-state index >= 15 is 0 Å². The van der Waals surface area contributed by atoms with Crippen molar-refractivity contribution in [3.63, 3.8) is 0 Å². The van der Waals surface area contributed by atoms with Crippen molar-refractivity contribution in [3.8, 4) is 5.75 Å². The third kappa shape index (κ3) is 6.48. The summed E-state index contributed by atoms with van der Waals surface area (Å²) in [5.41, 5.74) is 0.499. The van der Waals surface area contributed by atoms with Crippen molar-refractivity contribution in [2.24, 2.45) is 0 Å². The van der Waals surface area contributed by atoms with Crippen molar-refractivity contribution in [1.29, 1.82) is 0 Å². The molecule has 0 bridgehead atoms. The van der Waals surface area contributed by atoms with E-state index in [1.807, 2.05) is 31.2 Å². The fourth-order valence-electron chi connectivity index (χ4n) is 3.73. The molecule has 1 saturated heterocycles. The number of rotatable bonds is 9. The predicted octanol–water partition coefficient (Wildman–Crippen LogP) is 4.52. The number of amides is 2. The molecule has 0 aliphatic carbocycles. The van der Waals surface area contributed by atoms with Gasteiger partial charge < -0.3 is 15.0 Å². The van der Waals surface area contributed by atoms with Gasteiger partial charge in [0.1, 0.15) is 5.75 Å². The molecule has 0 aromatic heterocycles. The Morgan fingerprint density at radius 3 is 2.56 bits per heavy atom. The van der Waals surface area contributed by atoms with Gasteiger partial charge in [0.05, 0.1) is 18.2 Å². The zero-order valence-corrected chi connectivity index (χ0v) is 18.0. The highest BCUT2D eigenvalue weighted by Gasteiger charge is 2.32. The number of aryl methyl sites for hydroxylation is 1. The van der Waals surface area contributed by atoms with Crippen LogP contribution in [0.1, 0.15) is 48.9 Å². The van der Waals surface area contributed by atoms with Gasteiger partial charge in [-0.2, -0.15) is 13.2 Å². The summed E-state index contributed by atoms with van der Waals surface area (Å²) in [7, 11) is 0. The SMILES string of the molecule is CCOc1ccc(CCC(=O)NC(CN2CCCC2=O)c2cccc(C(F)(F)F)c2)cc1. The third-order valence-electron chi connectivity index (χ3n) is 5.40. The molecule has 2 amide bonds. The summed E-state index contributed by atoms with van der Waals surface area (Å²) in [5.74, 6) is 0.416. The first-order valence-corrected chi connectivity index (χ1v) is 10.7. The van der Waals surface area contributed by atoms with E-state index in [4.69, 9.17) is 4.74 Å². The minimum absolute atomic E-state index is 0.0504. The Morgan fingerprint density at radius 1 is 1.19 bits per heavy atom. The second-order valence-electron chi connectivity index (χ2n) is 7.76. The van der Waals surface area contributed by atoms with Crippen molar-refractivity contribution in [3.05, 3.63) is 65.2 Å². The standard InChI is InChI=1S/C24H27F3N2O3/c1-2-32-20-11-8-17(9-12-20)10-13-22(30)28-21(16-29-14-4-7-23(29)31)18-5-3-6-19(15-18)24(25,26)27/h3,5-6,8-9,11-12,15,21H,2,4,7,10,13-14,16H2,1H3,(H,28,30). The monoisotopic (exact) mass is 448 g/mol. The molecule has 0 saturated carbocycles. The van der Waals surface area contributed by atoms with Crippen molar-refractivity contribution < 1.29 is 27.5 Å². The van der Waals surface area contributed by atoms with E-state index in [1.165, 1.54) is 6.07 Å². The molecule has 0 spiro atoms. The summed E-state index contributed by atoms with van der Waals surface area (Å²) in [4.78, 5) is 26.3. The summed E-state index contributed by atoms with van der Waals surface area (Å²) in [6.45, 7) is 3.15. The molecule has 1 unspecified atom stereocenters. The van der Waals surface area contributed by atoms with Crippen molar-refractivity contribution in [2.75, 3.05) is 19.7 Å². The van der Waals surface area contributed by atoms with Crippen LogP contribution in [0.2, 0.25) is 0 Å². The maximum absolute atomic E-state index is 13.2. The highest BCUT2D eigenvalue weighted by molar-refractivity contribution is 5.79. The maximum Gasteiger partial charge on any atom is 0.416 e. The van der Waals surface area contributed by atoms with Crippen LogP contribution < -0.4 is 10.1 Å². The number of alkyl halides is 3. The lowest BCUT2D eigenvalue weighted by atomic mass is 10.0. The number of likely N-dealkylation sites (tertiary alicyclic amines) is 1. The van der Waals surface area contributed by atoms with E-state index in [2.05, 4.69) is 5.32 Å². The Bertz CT molecular complexity index is 929. The van der Waals surface area contributed by atoms with Crippen LogP contribution >= 0.6 is 0 Å². The molecule has 1 fully saturated rings. The third-order valence-corrected chi connectivity index (χ3v) is 5.40. The van der Waals surface area contributed by atoms with Crippen LogP contribution in [-0.2, 0) is 22.2 Å². The first kappa shape index (κ1) is 23.6. The molecule has 5 nitrogen and oxygen atoms in total. The smallest absolute Gasteiger partial charge is 0.416 e. The van der Waals surface area contributed by atoms with Crippen molar-refractivity contribution >= 4 is 11.8 Å². The lowest BCUT2D eigenvalue weighted by molar-refractivity contribution is -0.137. The molecule has 1 N–H and O–H groups in total. The van der Waals surface area contributed by atoms with Crippen molar-refractivity contribution in [1.82, 2.24) is 10.2 Å². The van der Waals surface area contributed by atoms with Crippen LogP contribution in [-0.4, -0.2) is 36.4 Å². The number of nitrogens with zero attached hydrogens (tertiary/aromatic N) is 1. The van der Waals surface area contributed by atoms with Gasteiger partial charge in [-0.3, -0.25) is 9.59 Å². The van der Waals surface area contributed by atoms with Gasteiger partial charge in [0.2, 0.25) is 11.8 Å². The number of ether oxygens (including phenoxy) is 1. The van der Waals surface area contributed by atoms with Crippen LogP contribution in [0.5, 0.6) is 5.75 Å². The van der Waals surface area contributed by atoms with Gasteiger partial charge in [-0.15, -0.1) is 0 Å². The average Bonchev–Trinajstić information content (AvgIpc) is 3.17. The van der Waals surface area contributed by atoms with Gasteiger partial charge in [-0.1, -0.05) is 24.3 Å². The number of carbonyl (C=O) groups is 2. The molecule has 1 aliphatic heterocycles. The molecule has 3 rings (SSSR count). The molecule has 0 radical (unpaired) electrons. The predicted molar refractivity (Wildman–Crippen MR) is 114 cm³/mol. The minimum atomic E-state index is -4.48. The lowest BCUT2D eigenvalue weighted by Crippen LogP contribution is -2.38. The number of hydrogen-bond donors (Lipinski definition) is 1. The normalized spacial score (nSPS) is 15.0. The fourth-order valence-corrected chi connectivity index (χ4v) is 3.73. The van der Waals surface area contributed by atoms with E-state index in [0.29, 0.717) is 38.0 Å². The number of hydrogen-bond acceptors (Lipinski definition) is 3. The van der Waals surface area contributed by atoms with Crippen LogP contribution in [0.15, 0.2) is 48.5 Å². The second-order valence-corrected chi connectivity index (χ2v) is 7.76. The molecular weight excluding hydrogens is 421 g/mol. The summed E-state index contributed by atoms with van der Waals surface area (Å²) in [6.07, 6.45) is -2.70. The lowest BCUT2D eigenvalue weighted by Gasteiger charge is -2.26. The number of carbonyl (C=O) groups excluding carboxylic acids is 2. The molecule has 8 heteroatoms. The number of halogens is 3. The zero-order chi connectivity index (χ0) is 23.1. The number of benzene rings is 2. The molecule has 1 atom stereocenters. The Morgan fingerprint density at radius 2 is 1.94 bits per heavy atom. The topological polar surface area (TPSA) is 58.6 Å². The van der Waals surface area contributed by atoms with Crippen LogP contribution in [0.3, 0.4) is 0 Å². The Kier molecular flexibility index (Phi) is 7.77. The van der Waals surface area contributed by atoms with Gasteiger partial charge in [-0.05, 0) is 55.2 Å². The van der Waals surface area contributed by atoms with Gasteiger partial charge >= 0.3 is 6.18 Å². The van der Waals surface area contributed by atoms with E-state index in [9.17, 15) is 22.8 Å². The van der Waals surface area contributed by atoms with Crippen LogP contribution in [0, 0.1) is 0 Å². The fraction of sp³-hybridized carbons (Fsp3) is 0.417. The van der Waals surface area contributed by atoms with E-state index in [-0.39, 0.29) is 24.8 Å². The summed E-state index contributed by atoms with van der Waals surface area (Å²) in [5, 5.41) is 2.84. The number of nitrogens with one attached hydrogen (secondary N) is 1. The molecular formula is C24H27F3N2O3. The Labute approximate surface area is 185 Å². The zero-order valence-electron chi connectivity index (χ0n) is 18.0. The highest BCUT2D eigenvalue weighted by Crippen LogP contribution is 2.31. The van der Waals surface area contributed by atoms with Gasteiger partial charge in [-0.25, -0.2) is 0 Å². The van der Waals surface area contributed by atoms with Gasteiger partial charge in [0.25, 0.3) is 0 Å².